The second kappa shape index (κ2) is 8.99. The van der Waals surface area contributed by atoms with Crippen LogP contribution in [-0.4, -0.2) is 49.5 Å². The van der Waals surface area contributed by atoms with Crippen molar-refractivity contribution in [3.8, 4) is 5.88 Å². The van der Waals surface area contributed by atoms with Crippen molar-refractivity contribution in [2.24, 2.45) is 5.92 Å². The molecule has 0 aromatic carbocycles. The third kappa shape index (κ3) is 6.84. The molecule has 0 spiro atoms. The van der Waals surface area contributed by atoms with Gasteiger partial charge in [0.25, 0.3) is 5.91 Å². The van der Waals surface area contributed by atoms with E-state index in [9.17, 15) is 4.79 Å². The average molecular weight is 336 g/mol. The van der Waals surface area contributed by atoms with Gasteiger partial charge in [-0.3, -0.25) is 4.79 Å². The maximum Gasteiger partial charge on any atom is 0.252 e. The Hall–Kier alpha value is -1.66. The van der Waals surface area contributed by atoms with E-state index in [4.69, 9.17) is 14.2 Å². The molecule has 1 N–H and O–H groups in total. The molecule has 0 bridgehead atoms. The largest absolute Gasteiger partial charge is 0.475 e. The van der Waals surface area contributed by atoms with Crippen LogP contribution in [-0.2, 0) is 9.47 Å². The van der Waals surface area contributed by atoms with Gasteiger partial charge in [-0.1, -0.05) is 0 Å². The molecule has 0 aliphatic carbocycles. The van der Waals surface area contributed by atoms with E-state index in [1.54, 1.807) is 18.3 Å². The SMILES string of the molecule is CC(C)(C)OCCOc1ccc(C(=O)NCC2CCOCC2)cn1. The van der Waals surface area contributed by atoms with Gasteiger partial charge in [-0.2, -0.15) is 0 Å². The predicted molar refractivity (Wildman–Crippen MR) is 91.3 cm³/mol. The first-order valence-electron chi connectivity index (χ1n) is 8.53. The first-order chi connectivity index (χ1) is 11.4. The number of nitrogens with zero attached hydrogens (tertiary/aromatic N) is 1. The van der Waals surface area contributed by atoms with E-state index in [0.717, 1.165) is 26.1 Å². The van der Waals surface area contributed by atoms with Gasteiger partial charge in [0, 0.05) is 32.0 Å². The summed E-state index contributed by atoms with van der Waals surface area (Å²) in [5.74, 6) is 0.895. The lowest BCUT2D eigenvalue weighted by Crippen LogP contribution is -2.32. The minimum Gasteiger partial charge on any atom is -0.475 e. The minimum absolute atomic E-state index is 0.100. The summed E-state index contributed by atoms with van der Waals surface area (Å²) < 4.78 is 16.4. The Morgan fingerprint density at radius 2 is 2.04 bits per heavy atom. The molecule has 2 heterocycles. The van der Waals surface area contributed by atoms with Crippen LogP contribution >= 0.6 is 0 Å². The van der Waals surface area contributed by atoms with Gasteiger partial charge >= 0.3 is 0 Å². The molecule has 1 aromatic heterocycles. The summed E-state index contributed by atoms with van der Waals surface area (Å²) >= 11 is 0. The number of pyridine rings is 1. The summed E-state index contributed by atoms with van der Waals surface area (Å²) in [6.45, 7) is 9.18. The van der Waals surface area contributed by atoms with Crippen molar-refractivity contribution >= 4 is 5.91 Å². The number of hydrogen-bond acceptors (Lipinski definition) is 5. The molecule has 1 aliphatic rings. The van der Waals surface area contributed by atoms with Gasteiger partial charge in [0.05, 0.1) is 17.8 Å². The van der Waals surface area contributed by atoms with Gasteiger partial charge in [0.15, 0.2) is 0 Å². The highest BCUT2D eigenvalue weighted by atomic mass is 16.5. The predicted octanol–water partition coefficient (Wildman–Crippen LogP) is 2.43. The average Bonchev–Trinajstić information content (AvgIpc) is 2.57. The molecule has 0 radical (unpaired) electrons. The fourth-order valence-corrected chi connectivity index (χ4v) is 2.38. The van der Waals surface area contributed by atoms with Crippen LogP contribution in [0.15, 0.2) is 18.3 Å². The van der Waals surface area contributed by atoms with Crippen LogP contribution in [0.1, 0.15) is 44.0 Å². The van der Waals surface area contributed by atoms with E-state index in [1.807, 2.05) is 20.8 Å². The standard InChI is InChI=1S/C18H28N2O4/c1-18(2,3)24-11-10-23-16-5-4-15(13-19-16)17(21)20-12-14-6-8-22-9-7-14/h4-5,13-14H,6-12H2,1-3H3,(H,20,21). The van der Waals surface area contributed by atoms with Crippen LogP contribution in [0.25, 0.3) is 0 Å². The Morgan fingerprint density at radius 1 is 1.29 bits per heavy atom. The molecule has 1 amide bonds. The molecule has 6 heteroatoms. The second-order valence-electron chi connectivity index (χ2n) is 6.96. The van der Waals surface area contributed by atoms with E-state index in [2.05, 4.69) is 10.3 Å². The lowest BCUT2D eigenvalue weighted by atomic mass is 10.0. The molecule has 1 saturated heterocycles. The van der Waals surface area contributed by atoms with Crippen molar-refractivity contribution in [1.29, 1.82) is 0 Å². The quantitative estimate of drug-likeness (QED) is 0.775. The summed E-state index contributed by atoms with van der Waals surface area (Å²) in [4.78, 5) is 16.3. The molecular weight excluding hydrogens is 308 g/mol. The van der Waals surface area contributed by atoms with Crippen LogP contribution in [0, 0.1) is 5.92 Å². The third-order valence-electron chi connectivity index (χ3n) is 3.76. The van der Waals surface area contributed by atoms with E-state index in [0.29, 0.717) is 37.1 Å². The van der Waals surface area contributed by atoms with E-state index in [-0.39, 0.29) is 11.5 Å². The number of hydrogen-bond donors (Lipinski definition) is 1. The van der Waals surface area contributed by atoms with Crippen molar-refractivity contribution < 1.29 is 19.0 Å². The molecule has 134 valence electrons. The smallest absolute Gasteiger partial charge is 0.252 e. The zero-order chi connectivity index (χ0) is 17.4. The molecule has 0 saturated carbocycles. The summed E-state index contributed by atoms with van der Waals surface area (Å²) in [7, 11) is 0. The molecular formula is C18H28N2O4. The molecule has 0 unspecified atom stereocenters. The highest BCUT2D eigenvalue weighted by Gasteiger charge is 2.15. The fraction of sp³-hybridized carbons (Fsp3) is 0.667. The number of aromatic nitrogens is 1. The van der Waals surface area contributed by atoms with Gasteiger partial charge < -0.3 is 19.5 Å². The van der Waals surface area contributed by atoms with Crippen LogP contribution in [0.2, 0.25) is 0 Å². The van der Waals surface area contributed by atoms with E-state index < -0.39 is 0 Å². The Bertz CT molecular complexity index is 505. The van der Waals surface area contributed by atoms with Crippen molar-refractivity contribution in [2.45, 2.75) is 39.2 Å². The number of carbonyl (C=O) groups is 1. The molecule has 1 aliphatic heterocycles. The summed E-state index contributed by atoms with van der Waals surface area (Å²) in [6.07, 6.45) is 3.54. The molecule has 1 aromatic rings. The van der Waals surface area contributed by atoms with Crippen LogP contribution < -0.4 is 10.1 Å². The van der Waals surface area contributed by atoms with Crippen LogP contribution in [0.4, 0.5) is 0 Å². The highest BCUT2D eigenvalue weighted by molar-refractivity contribution is 5.93. The van der Waals surface area contributed by atoms with Crippen molar-refractivity contribution in [2.75, 3.05) is 33.0 Å². The highest BCUT2D eigenvalue weighted by Crippen LogP contribution is 2.14. The number of nitrogens with one attached hydrogen (secondary N) is 1. The molecule has 24 heavy (non-hydrogen) atoms. The number of rotatable bonds is 7. The first kappa shape index (κ1) is 18.7. The molecule has 1 fully saturated rings. The Morgan fingerprint density at radius 3 is 2.67 bits per heavy atom. The fourth-order valence-electron chi connectivity index (χ4n) is 2.38. The van der Waals surface area contributed by atoms with Crippen molar-refractivity contribution in [3.05, 3.63) is 23.9 Å². The maximum absolute atomic E-state index is 12.1. The number of carbonyl (C=O) groups excluding carboxylic acids is 1. The van der Waals surface area contributed by atoms with Crippen LogP contribution in [0.3, 0.4) is 0 Å². The number of amides is 1. The maximum atomic E-state index is 12.1. The van der Waals surface area contributed by atoms with Gasteiger partial charge in [0.2, 0.25) is 5.88 Å². The molecule has 6 nitrogen and oxygen atoms in total. The monoisotopic (exact) mass is 336 g/mol. The Kier molecular flexibility index (Phi) is 6.99. The van der Waals surface area contributed by atoms with Gasteiger partial charge in [0.1, 0.15) is 6.61 Å². The summed E-state index contributed by atoms with van der Waals surface area (Å²) in [6, 6.07) is 3.44. The lowest BCUT2D eigenvalue weighted by molar-refractivity contribution is -0.0168. The van der Waals surface area contributed by atoms with E-state index >= 15 is 0 Å². The zero-order valence-corrected chi connectivity index (χ0v) is 14.8. The number of ether oxygens (including phenoxy) is 3. The first-order valence-corrected chi connectivity index (χ1v) is 8.53. The zero-order valence-electron chi connectivity index (χ0n) is 14.8. The molecule has 2 rings (SSSR count). The Labute approximate surface area is 143 Å². The van der Waals surface area contributed by atoms with Gasteiger partial charge in [-0.15, -0.1) is 0 Å². The van der Waals surface area contributed by atoms with Crippen molar-refractivity contribution in [1.82, 2.24) is 10.3 Å². The minimum atomic E-state index is -0.177. The van der Waals surface area contributed by atoms with Crippen molar-refractivity contribution in [3.63, 3.8) is 0 Å². The normalized spacial score (nSPS) is 16.0. The molecule has 0 atom stereocenters. The third-order valence-corrected chi connectivity index (χ3v) is 3.76. The van der Waals surface area contributed by atoms with E-state index in [1.165, 1.54) is 0 Å². The summed E-state index contributed by atoms with van der Waals surface area (Å²) in [5, 5.41) is 2.96. The Balaban J connectivity index is 1.71. The lowest BCUT2D eigenvalue weighted by Gasteiger charge is -2.22. The second-order valence-corrected chi connectivity index (χ2v) is 6.96. The summed E-state index contributed by atoms with van der Waals surface area (Å²) in [5.41, 5.74) is 0.365. The van der Waals surface area contributed by atoms with Crippen LogP contribution in [0.5, 0.6) is 5.88 Å². The topological polar surface area (TPSA) is 69.7 Å². The van der Waals surface area contributed by atoms with Gasteiger partial charge in [-0.25, -0.2) is 4.98 Å². The van der Waals surface area contributed by atoms with Gasteiger partial charge in [-0.05, 0) is 45.6 Å².